The van der Waals surface area contributed by atoms with Gasteiger partial charge < -0.3 is 5.73 Å². The number of ketones is 1. The molecule has 112 valence electrons. The smallest absolute Gasteiger partial charge is 0.146 e. The lowest BCUT2D eigenvalue weighted by atomic mass is 10.0. The summed E-state index contributed by atoms with van der Waals surface area (Å²) >= 11 is 0. The minimum Gasteiger partial charge on any atom is -0.321 e. The molecule has 0 fully saturated rings. The third-order valence-electron chi connectivity index (χ3n) is 1.92. The van der Waals surface area contributed by atoms with E-state index in [0.717, 1.165) is 0 Å². The molecule has 0 spiro atoms. The fraction of sp³-hybridized carbons (Fsp3) is 0.562. The molecule has 1 rings (SSSR count). The Balaban J connectivity index is -0.000000375. The monoisotopic (exact) mass is 271 g/mol. The highest BCUT2D eigenvalue weighted by atomic mass is 19.1. The molecule has 1 unspecified atom stereocenters. The van der Waals surface area contributed by atoms with Gasteiger partial charge in [0.1, 0.15) is 11.6 Å². The summed E-state index contributed by atoms with van der Waals surface area (Å²) < 4.78 is 13.0. The standard InChI is InChI=1S/C10H12FNO.3C2H6/c1-7(13)10(12)6-8-4-2-3-5-9(8)11;3*1-2/h2-5,10H,6,12H2,1H3;3*1-2H3. The molecule has 0 aliphatic heterocycles. The van der Waals surface area contributed by atoms with E-state index in [4.69, 9.17) is 5.73 Å². The maximum atomic E-state index is 13.0. The number of Topliss-reactive ketones (excluding diaryl/α,β-unsaturated/α-hetero) is 1. The summed E-state index contributed by atoms with van der Waals surface area (Å²) in [5.74, 6) is -0.428. The lowest BCUT2D eigenvalue weighted by Crippen LogP contribution is -2.30. The molecule has 0 aliphatic rings. The van der Waals surface area contributed by atoms with Crippen LogP contribution in [0.3, 0.4) is 0 Å². The highest BCUT2D eigenvalue weighted by Crippen LogP contribution is 2.08. The van der Waals surface area contributed by atoms with E-state index in [1.165, 1.54) is 13.0 Å². The zero-order chi connectivity index (χ0) is 15.8. The number of carbonyl (C=O) groups is 1. The summed E-state index contributed by atoms with van der Waals surface area (Å²) in [6, 6.07) is 5.74. The molecule has 2 nitrogen and oxygen atoms in total. The van der Waals surface area contributed by atoms with E-state index in [2.05, 4.69) is 0 Å². The Labute approximate surface area is 118 Å². The van der Waals surface area contributed by atoms with Crippen molar-refractivity contribution in [3.63, 3.8) is 0 Å². The van der Waals surface area contributed by atoms with Crippen LogP contribution in [0.1, 0.15) is 54.0 Å². The van der Waals surface area contributed by atoms with Crippen LogP contribution in [-0.2, 0) is 11.2 Å². The van der Waals surface area contributed by atoms with E-state index in [1.807, 2.05) is 41.5 Å². The lowest BCUT2D eigenvalue weighted by molar-refractivity contribution is -0.118. The Morgan fingerprint density at radius 3 is 1.89 bits per heavy atom. The average Bonchev–Trinajstić information content (AvgIpc) is 2.47. The third-order valence-corrected chi connectivity index (χ3v) is 1.92. The Morgan fingerprint density at radius 1 is 1.11 bits per heavy atom. The van der Waals surface area contributed by atoms with E-state index >= 15 is 0 Å². The molecule has 19 heavy (non-hydrogen) atoms. The molecule has 2 N–H and O–H groups in total. The van der Waals surface area contributed by atoms with Crippen molar-refractivity contribution < 1.29 is 9.18 Å². The first kappa shape index (κ1) is 22.9. The van der Waals surface area contributed by atoms with Gasteiger partial charge in [0, 0.05) is 0 Å². The van der Waals surface area contributed by atoms with Crippen molar-refractivity contribution in [3.8, 4) is 0 Å². The van der Waals surface area contributed by atoms with Crippen LogP contribution in [0.4, 0.5) is 4.39 Å². The predicted octanol–water partition coefficient (Wildman–Crippen LogP) is 4.36. The molecule has 0 heterocycles. The molecule has 1 aromatic rings. The van der Waals surface area contributed by atoms with Gasteiger partial charge in [0.05, 0.1) is 6.04 Å². The zero-order valence-corrected chi connectivity index (χ0v) is 13.5. The zero-order valence-electron chi connectivity index (χ0n) is 13.5. The maximum absolute atomic E-state index is 13.0. The van der Waals surface area contributed by atoms with E-state index < -0.39 is 6.04 Å². The minimum absolute atomic E-state index is 0.122. The topological polar surface area (TPSA) is 43.1 Å². The van der Waals surface area contributed by atoms with Crippen LogP contribution in [0, 0.1) is 5.82 Å². The van der Waals surface area contributed by atoms with Crippen molar-refractivity contribution in [3.05, 3.63) is 35.6 Å². The largest absolute Gasteiger partial charge is 0.321 e. The summed E-state index contributed by atoms with van der Waals surface area (Å²) in [6.07, 6.45) is 0.266. The quantitative estimate of drug-likeness (QED) is 0.887. The van der Waals surface area contributed by atoms with Gasteiger partial charge in [0.2, 0.25) is 0 Å². The van der Waals surface area contributed by atoms with Crippen LogP contribution >= 0.6 is 0 Å². The molecular formula is C16H30FNO. The van der Waals surface area contributed by atoms with Crippen molar-refractivity contribution in [1.29, 1.82) is 0 Å². The van der Waals surface area contributed by atoms with E-state index in [1.54, 1.807) is 18.2 Å². The molecule has 3 heteroatoms. The highest BCUT2D eigenvalue weighted by Gasteiger charge is 2.11. The number of hydrogen-bond acceptors (Lipinski definition) is 2. The van der Waals surface area contributed by atoms with Crippen LogP contribution < -0.4 is 5.73 Å². The molecule has 0 radical (unpaired) electrons. The van der Waals surface area contributed by atoms with Crippen LogP contribution in [0.15, 0.2) is 24.3 Å². The highest BCUT2D eigenvalue weighted by molar-refractivity contribution is 5.81. The Kier molecular flexibility index (Phi) is 20.2. The molecule has 0 aliphatic carbocycles. The van der Waals surface area contributed by atoms with E-state index in [-0.39, 0.29) is 18.0 Å². The summed E-state index contributed by atoms with van der Waals surface area (Å²) in [7, 11) is 0. The summed E-state index contributed by atoms with van der Waals surface area (Å²) in [4.78, 5) is 10.8. The normalized spacial score (nSPS) is 9.53. The van der Waals surface area contributed by atoms with Crippen LogP contribution in [0.5, 0.6) is 0 Å². The molecule has 0 saturated carbocycles. The number of rotatable bonds is 3. The van der Waals surface area contributed by atoms with Gasteiger partial charge in [-0.3, -0.25) is 4.79 Å². The van der Waals surface area contributed by atoms with Crippen molar-refractivity contribution in [2.45, 2.75) is 60.9 Å². The average molecular weight is 271 g/mol. The fourth-order valence-electron chi connectivity index (χ4n) is 1.04. The van der Waals surface area contributed by atoms with Crippen LogP contribution in [0.25, 0.3) is 0 Å². The van der Waals surface area contributed by atoms with E-state index in [9.17, 15) is 9.18 Å². The molecular weight excluding hydrogens is 241 g/mol. The number of nitrogens with two attached hydrogens (primary N) is 1. The van der Waals surface area contributed by atoms with Gasteiger partial charge in [-0.25, -0.2) is 4.39 Å². The molecule has 0 aromatic heterocycles. The second-order valence-electron chi connectivity index (χ2n) is 3.01. The number of halogens is 1. The van der Waals surface area contributed by atoms with Crippen molar-refractivity contribution in [2.75, 3.05) is 0 Å². The van der Waals surface area contributed by atoms with Gasteiger partial charge in [-0.15, -0.1) is 0 Å². The Morgan fingerprint density at radius 2 is 1.53 bits per heavy atom. The summed E-state index contributed by atoms with van der Waals surface area (Å²) in [5.41, 5.74) is 5.99. The van der Waals surface area contributed by atoms with Gasteiger partial charge in [-0.2, -0.15) is 0 Å². The van der Waals surface area contributed by atoms with Crippen LogP contribution in [0.2, 0.25) is 0 Å². The van der Waals surface area contributed by atoms with Crippen molar-refractivity contribution >= 4 is 5.78 Å². The molecule has 0 saturated heterocycles. The number of hydrogen-bond donors (Lipinski definition) is 1. The molecule has 1 atom stereocenters. The third kappa shape index (κ3) is 11.6. The van der Waals surface area contributed by atoms with E-state index in [0.29, 0.717) is 5.56 Å². The second-order valence-corrected chi connectivity index (χ2v) is 3.01. The van der Waals surface area contributed by atoms with Gasteiger partial charge >= 0.3 is 0 Å². The first-order valence-corrected chi connectivity index (χ1v) is 7.10. The predicted molar refractivity (Wildman–Crippen MR) is 82.8 cm³/mol. The van der Waals surface area contributed by atoms with Crippen molar-refractivity contribution in [2.24, 2.45) is 5.73 Å². The number of benzene rings is 1. The van der Waals surface area contributed by atoms with Crippen molar-refractivity contribution in [1.82, 2.24) is 0 Å². The minimum atomic E-state index is -0.600. The number of carbonyl (C=O) groups excluding carboxylic acids is 1. The fourth-order valence-corrected chi connectivity index (χ4v) is 1.04. The van der Waals surface area contributed by atoms with Gasteiger partial charge in [-0.1, -0.05) is 59.7 Å². The molecule has 1 aromatic carbocycles. The Bertz CT molecular complexity index is 313. The van der Waals surface area contributed by atoms with Crippen LogP contribution in [-0.4, -0.2) is 11.8 Å². The van der Waals surface area contributed by atoms with Gasteiger partial charge in [-0.05, 0) is 25.0 Å². The maximum Gasteiger partial charge on any atom is 0.146 e. The summed E-state index contributed by atoms with van der Waals surface area (Å²) in [6.45, 7) is 13.4. The lowest BCUT2D eigenvalue weighted by Gasteiger charge is -2.07. The SMILES string of the molecule is CC.CC.CC.CC(=O)C(N)Cc1ccccc1F. The molecule has 0 bridgehead atoms. The first-order chi connectivity index (χ1) is 9.11. The second kappa shape index (κ2) is 16.8. The van der Waals surface area contributed by atoms with Gasteiger partial charge in [0.15, 0.2) is 0 Å². The Hall–Kier alpha value is -1.22. The molecule has 0 amide bonds. The van der Waals surface area contributed by atoms with Gasteiger partial charge in [0.25, 0.3) is 0 Å². The summed E-state index contributed by atoms with van der Waals surface area (Å²) in [5, 5.41) is 0. The first-order valence-electron chi connectivity index (χ1n) is 7.10.